The number of aryl methyl sites for hydroxylation is 1. The Hall–Kier alpha value is -1.06. The lowest BCUT2D eigenvalue weighted by atomic mass is 9.83. The summed E-state index contributed by atoms with van der Waals surface area (Å²) in [7, 11) is 3.92. The number of nitrogens with two attached hydrogens (primary N) is 1. The number of nitrogens with zero attached hydrogens (tertiary/aromatic N) is 1. The van der Waals surface area contributed by atoms with E-state index in [-0.39, 0.29) is 6.04 Å². The molecule has 1 aliphatic carbocycles. The number of likely N-dealkylation sites (N-methyl/N-ethyl adjacent to an activating group) is 1. The number of fused-ring (bicyclic) bond motifs is 1. The van der Waals surface area contributed by atoms with E-state index in [0.717, 1.165) is 18.6 Å². The van der Waals surface area contributed by atoms with Gasteiger partial charge in [0.1, 0.15) is 5.75 Å². The molecule has 3 nitrogen and oxygen atoms in total. The van der Waals surface area contributed by atoms with Crippen molar-refractivity contribution >= 4 is 0 Å². The molecular formula is C17H28N2O. The summed E-state index contributed by atoms with van der Waals surface area (Å²) in [5.74, 6) is 1.54. The average Bonchev–Trinajstić information content (AvgIpc) is 2.45. The predicted octanol–water partition coefficient (Wildman–Crippen LogP) is 2.99. The third kappa shape index (κ3) is 2.84. The zero-order valence-corrected chi connectivity index (χ0v) is 13.4. The SMILES string of the molecule is COc1ccc2c(c1)C(N)C(N(C)C(C)C(C)C)CC2. The first kappa shape index (κ1) is 15.3. The topological polar surface area (TPSA) is 38.5 Å². The standard InChI is InChI=1S/C17H28N2O/c1-11(2)12(3)19(4)16-9-7-13-6-8-14(20-5)10-15(13)17(16)18/h6,8,10-12,16-17H,7,9,18H2,1-5H3. The third-order valence-electron chi connectivity index (χ3n) is 4.97. The number of hydrogen-bond donors (Lipinski definition) is 1. The normalized spacial score (nSPS) is 23.8. The highest BCUT2D eigenvalue weighted by atomic mass is 16.5. The van der Waals surface area contributed by atoms with Gasteiger partial charge in [-0.1, -0.05) is 19.9 Å². The van der Waals surface area contributed by atoms with Crippen LogP contribution in [-0.2, 0) is 6.42 Å². The molecule has 0 aliphatic heterocycles. The van der Waals surface area contributed by atoms with Crippen molar-refractivity contribution in [2.24, 2.45) is 11.7 Å². The van der Waals surface area contributed by atoms with Crippen LogP contribution in [0.25, 0.3) is 0 Å². The highest BCUT2D eigenvalue weighted by Gasteiger charge is 2.32. The van der Waals surface area contributed by atoms with Gasteiger partial charge in [-0.15, -0.1) is 0 Å². The minimum absolute atomic E-state index is 0.0695. The maximum Gasteiger partial charge on any atom is 0.119 e. The van der Waals surface area contributed by atoms with Gasteiger partial charge in [-0.25, -0.2) is 0 Å². The zero-order chi connectivity index (χ0) is 14.9. The molecule has 3 atom stereocenters. The number of methoxy groups -OCH3 is 1. The Bertz CT molecular complexity index is 458. The molecule has 0 aromatic heterocycles. The Morgan fingerprint density at radius 2 is 2.00 bits per heavy atom. The van der Waals surface area contributed by atoms with Gasteiger partial charge in [-0.2, -0.15) is 0 Å². The highest BCUT2D eigenvalue weighted by molar-refractivity contribution is 5.40. The van der Waals surface area contributed by atoms with Crippen molar-refractivity contribution in [1.29, 1.82) is 0 Å². The van der Waals surface area contributed by atoms with Gasteiger partial charge in [0.25, 0.3) is 0 Å². The smallest absolute Gasteiger partial charge is 0.119 e. The Labute approximate surface area is 123 Å². The summed E-state index contributed by atoms with van der Waals surface area (Å²) in [4.78, 5) is 2.46. The summed E-state index contributed by atoms with van der Waals surface area (Å²) < 4.78 is 5.34. The quantitative estimate of drug-likeness (QED) is 0.919. The zero-order valence-electron chi connectivity index (χ0n) is 13.4. The van der Waals surface area contributed by atoms with E-state index in [1.807, 2.05) is 6.07 Å². The lowest BCUT2D eigenvalue weighted by Crippen LogP contribution is -2.48. The largest absolute Gasteiger partial charge is 0.497 e. The number of rotatable bonds is 4. The molecule has 112 valence electrons. The molecule has 20 heavy (non-hydrogen) atoms. The number of hydrogen-bond acceptors (Lipinski definition) is 3. The van der Waals surface area contributed by atoms with Gasteiger partial charge in [0.15, 0.2) is 0 Å². The molecule has 1 aliphatic rings. The summed E-state index contributed by atoms with van der Waals surface area (Å²) in [5.41, 5.74) is 9.18. The van der Waals surface area contributed by atoms with Crippen LogP contribution in [0.2, 0.25) is 0 Å². The fourth-order valence-corrected chi connectivity index (χ4v) is 3.16. The van der Waals surface area contributed by atoms with E-state index in [1.165, 1.54) is 11.1 Å². The number of benzene rings is 1. The van der Waals surface area contributed by atoms with Crippen LogP contribution < -0.4 is 10.5 Å². The van der Waals surface area contributed by atoms with Crippen LogP contribution in [-0.4, -0.2) is 31.1 Å². The maximum atomic E-state index is 6.56. The third-order valence-corrected chi connectivity index (χ3v) is 4.97. The van der Waals surface area contributed by atoms with Crippen molar-refractivity contribution < 1.29 is 4.74 Å². The molecule has 0 spiro atoms. The Morgan fingerprint density at radius 3 is 2.60 bits per heavy atom. The van der Waals surface area contributed by atoms with E-state index in [1.54, 1.807) is 7.11 Å². The first-order valence-electron chi connectivity index (χ1n) is 7.60. The van der Waals surface area contributed by atoms with Crippen LogP contribution in [0.1, 0.15) is 44.4 Å². The summed E-state index contributed by atoms with van der Waals surface area (Å²) in [6.45, 7) is 6.83. The highest BCUT2D eigenvalue weighted by Crippen LogP contribution is 2.34. The second-order valence-corrected chi connectivity index (χ2v) is 6.35. The Balaban J connectivity index is 2.24. The molecule has 2 N–H and O–H groups in total. The molecule has 0 bridgehead atoms. The monoisotopic (exact) mass is 276 g/mol. The second kappa shape index (κ2) is 6.15. The first-order valence-corrected chi connectivity index (χ1v) is 7.60. The molecule has 3 heteroatoms. The Morgan fingerprint density at radius 1 is 1.30 bits per heavy atom. The molecule has 0 saturated heterocycles. The second-order valence-electron chi connectivity index (χ2n) is 6.35. The van der Waals surface area contributed by atoms with E-state index < -0.39 is 0 Å². The predicted molar refractivity (Wildman–Crippen MR) is 84.1 cm³/mol. The van der Waals surface area contributed by atoms with Crippen molar-refractivity contribution in [2.75, 3.05) is 14.2 Å². The van der Waals surface area contributed by atoms with Gasteiger partial charge in [0.05, 0.1) is 7.11 Å². The van der Waals surface area contributed by atoms with Crippen molar-refractivity contribution in [2.45, 2.75) is 51.7 Å². The first-order chi connectivity index (χ1) is 9.45. The molecular weight excluding hydrogens is 248 g/mol. The lowest BCUT2D eigenvalue weighted by molar-refractivity contribution is 0.117. The maximum absolute atomic E-state index is 6.56. The van der Waals surface area contributed by atoms with E-state index in [0.29, 0.717) is 18.0 Å². The summed E-state index contributed by atoms with van der Waals surface area (Å²) in [6, 6.07) is 7.33. The van der Waals surface area contributed by atoms with Crippen LogP contribution in [0.3, 0.4) is 0 Å². The van der Waals surface area contributed by atoms with E-state index >= 15 is 0 Å². The summed E-state index contributed by atoms with van der Waals surface area (Å²) >= 11 is 0. The fourth-order valence-electron chi connectivity index (χ4n) is 3.16. The molecule has 3 unspecified atom stereocenters. The van der Waals surface area contributed by atoms with Gasteiger partial charge in [-0.3, -0.25) is 4.90 Å². The van der Waals surface area contributed by atoms with Crippen LogP contribution in [0, 0.1) is 5.92 Å². The Kier molecular flexibility index (Phi) is 4.71. The summed E-state index contributed by atoms with van der Waals surface area (Å²) in [6.07, 6.45) is 2.24. The lowest BCUT2D eigenvalue weighted by Gasteiger charge is -2.41. The van der Waals surface area contributed by atoms with Crippen LogP contribution in [0.4, 0.5) is 0 Å². The fraction of sp³-hybridized carbons (Fsp3) is 0.647. The van der Waals surface area contributed by atoms with Crippen molar-refractivity contribution in [3.63, 3.8) is 0 Å². The van der Waals surface area contributed by atoms with E-state index in [9.17, 15) is 0 Å². The van der Waals surface area contributed by atoms with Crippen LogP contribution in [0.5, 0.6) is 5.75 Å². The van der Waals surface area contributed by atoms with E-state index in [2.05, 4.69) is 44.9 Å². The van der Waals surface area contributed by atoms with Gasteiger partial charge in [0.2, 0.25) is 0 Å². The van der Waals surface area contributed by atoms with Gasteiger partial charge in [0, 0.05) is 18.1 Å². The molecule has 0 radical (unpaired) electrons. The average molecular weight is 276 g/mol. The van der Waals surface area contributed by atoms with Gasteiger partial charge < -0.3 is 10.5 Å². The minimum Gasteiger partial charge on any atom is -0.497 e. The molecule has 0 saturated carbocycles. The number of ether oxygens (including phenoxy) is 1. The van der Waals surface area contributed by atoms with Crippen molar-refractivity contribution in [3.8, 4) is 5.75 Å². The van der Waals surface area contributed by atoms with Crippen molar-refractivity contribution in [1.82, 2.24) is 4.90 Å². The molecule has 1 aromatic rings. The van der Waals surface area contributed by atoms with E-state index in [4.69, 9.17) is 10.5 Å². The van der Waals surface area contributed by atoms with Crippen LogP contribution in [0.15, 0.2) is 18.2 Å². The minimum atomic E-state index is 0.0695. The molecule has 0 heterocycles. The molecule has 0 amide bonds. The van der Waals surface area contributed by atoms with Crippen LogP contribution >= 0.6 is 0 Å². The summed E-state index contributed by atoms with van der Waals surface area (Å²) in [5, 5.41) is 0. The van der Waals surface area contributed by atoms with Gasteiger partial charge in [-0.05, 0) is 56.0 Å². The molecule has 2 rings (SSSR count). The van der Waals surface area contributed by atoms with Gasteiger partial charge >= 0.3 is 0 Å². The molecule has 1 aromatic carbocycles. The van der Waals surface area contributed by atoms with Crippen molar-refractivity contribution in [3.05, 3.63) is 29.3 Å². The molecule has 0 fully saturated rings.